The molecule has 1 unspecified atom stereocenters. The second kappa shape index (κ2) is 7.04. The van der Waals surface area contributed by atoms with Gasteiger partial charge in [0.2, 0.25) is 0 Å². The number of nitrogens with two attached hydrogens (primary N) is 1. The zero-order valence-corrected chi connectivity index (χ0v) is 15.0. The summed E-state index contributed by atoms with van der Waals surface area (Å²) in [4.78, 5) is 2.10. The summed E-state index contributed by atoms with van der Waals surface area (Å²) in [6.45, 7) is 1.34. The van der Waals surface area contributed by atoms with Crippen LogP contribution in [0.1, 0.15) is 29.0 Å². The van der Waals surface area contributed by atoms with Crippen LogP contribution in [0.4, 0.5) is 14.6 Å². The van der Waals surface area contributed by atoms with E-state index in [9.17, 15) is 4.39 Å². The molecule has 1 aliphatic heterocycles. The molecule has 0 saturated carbocycles. The number of hydrogen-bond acceptors (Lipinski definition) is 4. The SMILES string of the molecule is CN1CCC(c2ccc(F)cc2)c2ccc(-c3ccc(N)nn3)c(F)c2C1. The van der Waals surface area contributed by atoms with Crippen LogP contribution in [0.25, 0.3) is 11.3 Å². The molecule has 0 bridgehead atoms. The summed E-state index contributed by atoms with van der Waals surface area (Å²) >= 11 is 0. The Hall–Kier alpha value is -2.86. The fourth-order valence-corrected chi connectivity index (χ4v) is 3.70. The minimum atomic E-state index is -0.285. The molecule has 2 N–H and O–H groups in total. The van der Waals surface area contributed by atoms with Gasteiger partial charge in [0.15, 0.2) is 0 Å². The van der Waals surface area contributed by atoms with E-state index in [4.69, 9.17) is 5.73 Å². The van der Waals surface area contributed by atoms with Gasteiger partial charge in [0.05, 0.1) is 5.69 Å². The van der Waals surface area contributed by atoms with Crippen LogP contribution in [0.3, 0.4) is 0 Å². The molecule has 1 atom stereocenters. The number of fused-ring (bicyclic) bond motifs is 1. The van der Waals surface area contributed by atoms with E-state index in [0.29, 0.717) is 29.2 Å². The van der Waals surface area contributed by atoms with E-state index in [0.717, 1.165) is 24.1 Å². The molecule has 0 amide bonds. The highest BCUT2D eigenvalue weighted by molar-refractivity contribution is 5.63. The maximum absolute atomic E-state index is 15.5. The van der Waals surface area contributed by atoms with Crippen molar-refractivity contribution >= 4 is 5.82 Å². The lowest BCUT2D eigenvalue weighted by atomic mass is 9.85. The summed E-state index contributed by atoms with van der Waals surface area (Å²) in [5, 5.41) is 7.85. The largest absolute Gasteiger partial charge is 0.382 e. The third-order valence-corrected chi connectivity index (χ3v) is 5.12. The van der Waals surface area contributed by atoms with Gasteiger partial charge in [-0.1, -0.05) is 18.2 Å². The molecule has 2 aromatic carbocycles. The third-order valence-electron chi connectivity index (χ3n) is 5.12. The van der Waals surface area contributed by atoms with Gasteiger partial charge in [0.1, 0.15) is 17.5 Å². The van der Waals surface area contributed by atoms with Crippen molar-refractivity contribution in [3.63, 3.8) is 0 Å². The van der Waals surface area contributed by atoms with Crippen LogP contribution in [0.15, 0.2) is 48.5 Å². The topological polar surface area (TPSA) is 55.0 Å². The average molecular weight is 366 g/mol. The molecular formula is C21H20F2N4. The molecule has 0 spiro atoms. The van der Waals surface area contributed by atoms with Crippen molar-refractivity contribution in [1.82, 2.24) is 15.1 Å². The normalized spacial score (nSPS) is 17.4. The molecule has 4 nitrogen and oxygen atoms in total. The fourth-order valence-electron chi connectivity index (χ4n) is 3.70. The Balaban J connectivity index is 1.83. The molecule has 27 heavy (non-hydrogen) atoms. The first-order valence-corrected chi connectivity index (χ1v) is 8.88. The van der Waals surface area contributed by atoms with Crippen molar-refractivity contribution in [3.05, 3.63) is 76.9 Å². The van der Waals surface area contributed by atoms with E-state index < -0.39 is 0 Å². The van der Waals surface area contributed by atoms with E-state index >= 15 is 4.39 Å². The molecule has 2 heterocycles. The van der Waals surface area contributed by atoms with Crippen molar-refractivity contribution in [3.8, 4) is 11.3 Å². The van der Waals surface area contributed by atoms with Gasteiger partial charge in [-0.25, -0.2) is 8.78 Å². The van der Waals surface area contributed by atoms with Crippen LogP contribution in [0, 0.1) is 11.6 Å². The highest BCUT2D eigenvalue weighted by Gasteiger charge is 2.26. The predicted octanol–water partition coefficient (Wildman–Crippen LogP) is 3.97. The van der Waals surface area contributed by atoms with Gasteiger partial charge in [-0.15, -0.1) is 10.2 Å². The van der Waals surface area contributed by atoms with Crippen LogP contribution in [0.2, 0.25) is 0 Å². The number of rotatable bonds is 2. The predicted molar refractivity (Wildman–Crippen MR) is 101 cm³/mol. The molecule has 6 heteroatoms. The lowest BCUT2D eigenvalue weighted by Crippen LogP contribution is -2.18. The number of aromatic nitrogens is 2. The summed E-state index contributed by atoms with van der Waals surface area (Å²) in [5.41, 5.74) is 9.04. The van der Waals surface area contributed by atoms with Gasteiger partial charge in [-0.3, -0.25) is 0 Å². The highest BCUT2D eigenvalue weighted by Crippen LogP contribution is 2.37. The second-order valence-corrected chi connectivity index (χ2v) is 6.97. The number of benzene rings is 2. The Morgan fingerprint density at radius 1 is 1.00 bits per heavy atom. The van der Waals surface area contributed by atoms with E-state index in [-0.39, 0.29) is 17.6 Å². The molecular weight excluding hydrogens is 346 g/mol. The van der Waals surface area contributed by atoms with Gasteiger partial charge in [-0.05, 0) is 61.5 Å². The van der Waals surface area contributed by atoms with Gasteiger partial charge in [0.25, 0.3) is 0 Å². The maximum Gasteiger partial charge on any atom is 0.146 e. The second-order valence-electron chi connectivity index (χ2n) is 6.97. The zero-order chi connectivity index (χ0) is 19.0. The van der Waals surface area contributed by atoms with Gasteiger partial charge in [-0.2, -0.15) is 0 Å². The number of nitrogens with zero attached hydrogens (tertiary/aromatic N) is 3. The molecule has 1 aliphatic rings. The first-order valence-electron chi connectivity index (χ1n) is 8.88. The Kier molecular flexibility index (Phi) is 4.58. The van der Waals surface area contributed by atoms with Gasteiger partial charge in [0, 0.05) is 23.6 Å². The summed E-state index contributed by atoms with van der Waals surface area (Å²) in [7, 11) is 1.98. The lowest BCUT2D eigenvalue weighted by molar-refractivity contribution is 0.324. The van der Waals surface area contributed by atoms with Crippen LogP contribution < -0.4 is 5.73 Å². The Bertz CT molecular complexity index is 955. The molecule has 3 aromatic rings. The van der Waals surface area contributed by atoms with Crippen molar-refractivity contribution in [2.24, 2.45) is 0 Å². The fraction of sp³-hybridized carbons (Fsp3) is 0.238. The smallest absolute Gasteiger partial charge is 0.146 e. The molecule has 4 rings (SSSR count). The van der Waals surface area contributed by atoms with Crippen molar-refractivity contribution in [1.29, 1.82) is 0 Å². The molecule has 0 aliphatic carbocycles. The van der Waals surface area contributed by atoms with E-state index in [1.807, 2.05) is 13.1 Å². The van der Waals surface area contributed by atoms with Crippen molar-refractivity contribution < 1.29 is 8.78 Å². The van der Waals surface area contributed by atoms with E-state index in [1.54, 1.807) is 30.3 Å². The summed E-state index contributed by atoms with van der Waals surface area (Å²) in [6, 6.07) is 13.5. The maximum atomic E-state index is 15.5. The number of nitrogen functional groups attached to an aromatic ring is 1. The Morgan fingerprint density at radius 2 is 1.78 bits per heavy atom. The molecule has 138 valence electrons. The van der Waals surface area contributed by atoms with Crippen LogP contribution in [0.5, 0.6) is 0 Å². The van der Waals surface area contributed by atoms with E-state index in [1.165, 1.54) is 12.1 Å². The van der Waals surface area contributed by atoms with Crippen molar-refractivity contribution in [2.75, 3.05) is 19.3 Å². The summed E-state index contributed by atoms with van der Waals surface area (Å²) in [6.07, 6.45) is 0.843. The third kappa shape index (κ3) is 3.40. The average Bonchev–Trinajstić information content (AvgIpc) is 2.83. The molecule has 0 radical (unpaired) electrons. The number of halogens is 2. The quantitative estimate of drug-likeness (QED) is 0.746. The van der Waals surface area contributed by atoms with Gasteiger partial charge >= 0.3 is 0 Å². The zero-order valence-electron chi connectivity index (χ0n) is 15.0. The minimum absolute atomic E-state index is 0.0200. The van der Waals surface area contributed by atoms with Crippen LogP contribution >= 0.6 is 0 Å². The molecule has 1 aromatic heterocycles. The lowest BCUT2D eigenvalue weighted by Gasteiger charge is -2.19. The van der Waals surface area contributed by atoms with Crippen LogP contribution in [-0.4, -0.2) is 28.7 Å². The van der Waals surface area contributed by atoms with E-state index in [2.05, 4.69) is 15.1 Å². The first kappa shape index (κ1) is 17.5. The standard InChI is InChI=1S/C21H20F2N4/c1-27-11-10-15(13-2-4-14(22)5-3-13)16-6-7-17(21(23)18(16)12-27)19-8-9-20(24)26-25-19/h2-9,15H,10-12H2,1H3,(H2,24,26). The first-order chi connectivity index (χ1) is 13.0. The van der Waals surface area contributed by atoms with Crippen molar-refractivity contribution in [2.45, 2.75) is 18.9 Å². The highest BCUT2D eigenvalue weighted by atomic mass is 19.1. The van der Waals surface area contributed by atoms with Crippen LogP contribution in [-0.2, 0) is 6.54 Å². The number of anilines is 1. The van der Waals surface area contributed by atoms with Gasteiger partial charge < -0.3 is 10.6 Å². The molecule has 0 fully saturated rings. The summed E-state index contributed by atoms with van der Waals surface area (Å²) < 4.78 is 28.8. The Morgan fingerprint density at radius 3 is 2.48 bits per heavy atom. The monoisotopic (exact) mass is 366 g/mol. The Labute approximate surface area is 156 Å². The summed E-state index contributed by atoms with van der Waals surface area (Å²) in [5.74, 6) is -0.239. The number of hydrogen-bond donors (Lipinski definition) is 1. The molecule has 0 saturated heterocycles. The minimum Gasteiger partial charge on any atom is -0.382 e.